The molecule has 0 N–H and O–H groups in total. The van der Waals surface area contributed by atoms with Gasteiger partial charge in [0.15, 0.2) is 5.66 Å². The molecule has 0 spiro atoms. The van der Waals surface area contributed by atoms with E-state index in [1.807, 2.05) is 0 Å². The molecule has 0 saturated heterocycles. The fourth-order valence-corrected chi connectivity index (χ4v) is 3.86. The lowest BCUT2D eigenvalue weighted by molar-refractivity contribution is -0.140. The molecule has 5 nitrogen and oxygen atoms in total. The minimum Gasteiger partial charge on any atom is -0.468 e. The molecule has 0 bridgehead atoms. The zero-order valence-corrected chi connectivity index (χ0v) is 14.8. The monoisotopic (exact) mass is 322 g/mol. The Morgan fingerprint density at radius 2 is 1.38 bits per heavy atom. The SMILES string of the molecule is CCCCCCCCCC[C@@H](C(=O)OC)P(=O)(OC)OC. The van der Waals surface area contributed by atoms with Crippen molar-refractivity contribution in [2.75, 3.05) is 21.3 Å². The lowest BCUT2D eigenvalue weighted by atomic mass is 10.1. The summed E-state index contributed by atoms with van der Waals surface area (Å²) in [5.74, 6) is -0.523. The van der Waals surface area contributed by atoms with Crippen LogP contribution in [-0.2, 0) is 23.1 Å². The van der Waals surface area contributed by atoms with Crippen LogP contribution in [0.15, 0.2) is 0 Å². The smallest absolute Gasteiger partial charge is 0.344 e. The van der Waals surface area contributed by atoms with Gasteiger partial charge in [0.1, 0.15) is 0 Å². The van der Waals surface area contributed by atoms with E-state index in [0.29, 0.717) is 6.42 Å². The van der Waals surface area contributed by atoms with Crippen molar-refractivity contribution in [3.63, 3.8) is 0 Å². The summed E-state index contributed by atoms with van der Waals surface area (Å²) in [6.07, 6.45) is 9.79. The highest BCUT2D eigenvalue weighted by Crippen LogP contribution is 2.53. The summed E-state index contributed by atoms with van der Waals surface area (Å²) in [6, 6.07) is 0. The van der Waals surface area contributed by atoms with Gasteiger partial charge in [-0.2, -0.15) is 0 Å². The summed E-state index contributed by atoms with van der Waals surface area (Å²) in [7, 11) is 0.481. The standard InChI is InChI=1S/C15H31O5P/c1-5-6-7-8-9-10-11-12-13-14(15(16)18-2)21(17,19-3)20-4/h14H,5-13H2,1-4H3/t14-/m0/s1. The van der Waals surface area contributed by atoms with Crippen molar-refractivity contribution in [1.82, 2.24) is 0 Å². The third-order valence-corrected chi connectivity index (χ3v) is 5.95. The second-order valence-electron chi connectivity index (χ2n) is 5.21. The van der Waals surface area contributed by atoms with Crippen molar-refractivity contribution in [3.8, 4) is 0 Å². The number of hydrogen-bond acceptors (Lipinski definition) is 5. The molecular weight excluding hydrogens is 291 g/mol. The number of unbranched alkanes of at least 4 members (excludes halogenated alkanes) is 7. The molecule has 126 valence electrons. The molecule has 0 aliphatic rings. The minimum absolute atomic E-state index is 0.473. The van der Waals surface area contributed by atoms with E-state index in [9.17, 15) is 9.36 Å². The van der Waals surface area contributed by atoms with E-state index in [-0.39, 0.29) is 0 Å². The third kappa shape index (κ3) is 7.98. The number of carbonyl (C=O) groups is 1. The van der Waals surface area contributed by atoms with Crippen LogP contribution in [-0.4, -0.2) is 33.0 Å². The number of rotatable bonds is 13. The van der Waals surface area contributed by atoms with Crippen LogP contribution in [0, 0.1) is 0 Å². The van der Waals surface area contributed by atoms with Crippen molar-refractivity contribution in [2.24, 2.45) is 0 Å². The van der Waals surface area contributed by atoms with Gasteiger partial charge in [-0.3, -0.25) is 9.36 Å². The first-order valence-corrected chi connectivity index (χ1v) is 9.45. The van der Waals surface area contributed by atoms with Crippen LogP contribution >= 0.6 is 7.60 Å². The van der Waals surface area contributed by atoms with E-state index in [4.69, 9.17) is 13.8 Å². The number of ether oxygens (including phenoxy) is 1. The van der Waals surface area contributed by atoms with Gasteiger partial charge in [0.05, 0.1) is 7.11 Å². The highest BCUT2D eigenvalue weighted by atomic mass is 31.2. The van der Waals surface area contributed by atoms with Crippen molar-refractivity contribution < 1.29 is 23.1 Å². The predicted molar refractivity (Wildman–Crippen MR) is 84.7 cm³/mol. The molecule has 0 fully saturated rings. The Kier molecular flexibility index (Phi) is 12.0. The zero-order valence-electron chi connectivity index (χ0n) is 13.9. The third-order valence-electron chi connectivity index (χ3n) is 3.70. The first kappa shape index (κ1) is 20.6. The summed E-state index contributed by atoms with van der Waals surface area (Å²) in [5, 5.41) is 0. The molecule has 0 aliphatic heterocycles. The molecular formula is C15H31O5P. The second-order valence-corrected chi connectivity index (χ2v) is 7.64. The number of hydrogen-bond donors (Lipinski definition) is 0. The first-order chi connectivity index (χ1) is 10.1. The van der Waals surface area contributed by atoms with Gasteiger partial charge in [-0.25, -0.2) is 0 Å². The molecule has 0 saturated carbocycles. The van der Waals surface area contributed by atoms with Crippen LogP contribution in [0.2, 0.25) is 0 Å². The quantitative estimate of drug-likeness (QED) is 0.283. The Bertz CT molecular complexity index is 311. The van der Waals surface area contributed by atoms with Gasteiger partial charge in [0.2, 0.25) is 0 Å². The van der Waals surface area contributed by atoms with E-state index in [1.165, 1.54) is 53.4 Å². The van der Waals surface area contributed by atoms with Crippen LogP contribution in [0.4, 0.5) is 0 Å². The van der Waals surface area contributed by atoms with E-state index >= 15 is 0 Å². The summed E-state index contributed by atoms with van der Waals surface area (Å²) in [5.41, 5.74) is -0.822. The van der Waals surface area contributed by atoms with Gasteiger partial charge < -0.3 is 13.8 Å². The van der Waals surface area contributed by atoms with E-state index < -0.39 is 19.2 Å². The highest BCUT2D eigenvalue weighted by Gasteiger charge is 2.40. The molecule has 0 aliphatic carbocycles. The lowest BCUT2D eigenvalue weighted by Gasteiger charge is -2.22. The summed E-state index contributed by atoms with van der Waals surface area (Å²) >= 11 is 0. The van der Waals surface area contributed by atoms with Crippen molar-refractivity contribution in [3.05, 3.63) is 0 Å². The van der Waals surface area contributed by atoms with Crippen molar-refractivity contribution in [1.29, 1.82) is 0 Å². The van der Waals surface area contributed by atoms with Gasteiger partial charge in [0, 0.05) is 14.2 Å². The van der Waals surface area contributed by atoms with Crippen LogP contribution in [0.3, 0.4) is 0 Å². The minimum atomic E-state index is -3.41. The summed E-state index contributed by atoms with van der Waals surface area (Å²) < 4.78 is 26.9. The lowest BCUT2D eigenvalue weighted by Crippen LogP contribution is -2.24. The van der Waals surface area contributed by atoms with Crippen LogP contribution in [0.1, 0.15) is 64.7 Å². The molecule has 0 heterocycles. The Balaban J connectivity index is 4.10. The van der Waals surface area contributed by atoms with Gasteiger partial charge in [-0.05, 0) is 6.42 Å². The Hall–Kier alpha value is -0.380. The molecule has 0 aromatic carbocycles. The number of methoxy groups -OCH3 is 1. The largest absolute Gasteiger partial charge is 0.468 e. The fourth-order valence-electron chi connectivity index (χ4n) is 2.34. The molecule has 0 aromatic rings. The predicted octanol–water partition coefficient (Wildman–Crippen LogP) is 4.54. The molecule has 0 rings (SSSR count). The van der Waals surface area contributed by atoms with Gasteiger partial charge in [0.25, 0.3) is 0 Å². The maximum Gasteiger partial charge on any atom is 0.344 e. The van der Waals surface area contributed by atoms with Crippen LogP contribution in [0.5, 0.6) is 0 Å². The Morgan fingerprint density at radius 1 is 0.905 bits per heavy atom. The molecule has 6 heteroatoms. The number of esters is 1. The van der Waals surface area contributed by atoms with Crippen LogP contribution < -0.4 is 0 Å². The van der Waals surface area contributed by atoms with Gasteiger partial charge in [-0.15, -0.1) is 0 Å². The molecule has 0 unspecified atom stereocenters. The average molecular weight is 322 g/mol. The van der Waals surface area contributed by atoms with Crippen LogP contribution in [0.25, 0.3) is 0 Å². The maximum absolute atomic E-state index is 12.3. The topological polar surface area (TPSA) is 61.8 Å². The highest BCUT2D eigenvalue weighted by molar-refractivity contribution is 7.55. The number of carbonyl (C=O) groups excluding carboxylic acids is 1. The van der Waals surface area contributed by atoms with E-state index in [0.717, 1.165) is 19.3 Å². The van der Waals surface area contributed by atoms with E-state index in [1.54, 1.807) is 0 Å². The van der Waals surface area contributed by atoms with Gasteiger partial charge >= 0.3 is 13.6 Å². The second kappa shape index (κ2) is 12.2. The zero-order chi connectivity index (χ0) is 16.1. The van der Waals surface area contributed by atoms with Crippen molar-refractivity contribution in [2.45, 2.75) is 70.4 Å². The van der Waals surface area contributed by atoms with E-state index in [2.05, 4.69) is 6.92 Å². The summed E-state index contributed by atoms with van der Waals surface area (Å²) in [4.78, 5) is 11.8. The fraction of sp³-hybridized carbons (Fsp3) is 0.933. The molecule has 0 aromatic heterocycles. The van der Waals surface area contributed by atoms with Gasteiger partial charge in [-0.1, -0.05) is 58.3 Å². The molecule has 0 radical (unpaired) electrons. The Labute approximate surface area is 129 Å². The Morgan fingerprint density at radius 3 is 1.81 bits per heavy atom. The molecule has 0 amide bonds. The summed E-state index contributed by atoms with van der Waals surface area (Å²) in [6.45, 7) is 2.21. The maximum atomic E-state index is 12.3. The normalized spacial score (nSPS) is 13.1. The molecule has 21 heavy (non-hydrogen) atoms. The average Bonchev–Trinajstić information content (AvgIpc) is 2.52. The van der Waals surface area contributed by atoms with Crippen molar-refractivity contribution >= 4 is 13.6 Å². The first-order valence-electron chi connectivity index (χ1n) is 7.84. The molecule has 1 atom stereocenters.